The molecule has 23 heavy (non-hydrogen) atoms. The summed E-state index contributed by atoms with van der Waals surface area (Å²) in [6.45, 7) is 2.25. The van der Waals surface area contributed by atoms with Crippen molar-refractivity contribution in [2.75, 3.05) is 7.05 Å². The molecule has 3 heterocycles. The summed E-state index contributed by atoms with van der Waals surface area (Å²) in [6.07, 6.45) is 0.991. The van der Waals surface area contributed by atoms with Gasteiger partial charge in [-0.1, -0.05) is 6.07 Å². The lowest BCUT2D eigenvalue weighted by Crippen LogP contribution is -2.45. The zero-order chi connectivity index (χ0) is 16.4. The first-order valence-electron chi connectivity index (χ1n) is 7.68. The van der Waals surface area contributed by atoms with Crippen molar-refractivity contribution in [1.82, 2.24) is 10.2 Å². The summed E-state index contributed by atoms with van der Waals surface area (Å²) in [7, 11) is 1.78. The Morgan fingerprint density at radius 3 is 2.91 bits per heavy atom. The van der Waals surface area contributed by atoms with Gasteiger partial charge in [0.15, 0.2) is 0 Å². The van der Waals surface area contributed by atoms with E-state index in [0.717, 1.165) is 16.4 Å². The minimum absolute atomic E-state index is 0.0307. The van der Waals surface area contributed by atoms with E-state index in [4.69, 9.17) is 4.42 Å². The summed E-state index contributed by atoms with van der Waals surface area (Å²) < 4.78 is 5.48. The number of hydrogen-bond acceptors (Lipinski definition) is 4. The lowest BCUT2D eigenvalue weighted by Gasteiger charge is -2.37. The van der Waals surface area contributed by atoms with Crippen LogP contribution in [0.4, 0.5) is 0 Å². The summed E-state index contributed by atoms with van der Waals surface area (Å²) in [6, 6.07) is 7.49. The normalized spacial score (nSPS) is 21.5. The van der Waals surface area contributed by atoms with E-state index >= 15 is 0 Å². The molecular formula is C17H20N2O3S. The predicted molar refractivity (Wildman–Crippen MR) is 87.8 cm³/mol. The fourth-order valence-electron chi connectivity index (χ4n) is 3.05. The highest BCUT2D eigenvalue weighted by Crippen LogP contribution is 2.37. The van der Waals surface area contributed by atoms with Crippen molar-refractivity contribution in [2.24, 2.45) is 5.92 Å². The monoisotopic (exact) mass is 332 g/mol. The van der Waals surface area contributed by atoms with Gasteiger partial charge in [0.1, 0.15) is 11.5 Å². The first kappa shape index (κ1) is 15.8. The van der Waals surface area contributed by atoms with Crippen LogP contribution in [0, 0.1) is 12.8 Å². The maximum atomic E-state index is 12.6. The van der Waals surface area contributed by atoms with Crippen LogP contribution < -0.4 is 5.32 Å². The number of amides is 2. The van der Waals surface area contributed by atoms with E-state index in [1.807, 2.05) is 36.6 Å². The molecule has 1 saturated heterocycles. The molecule has 2 aromatic heterocycles. The second kappa shape index (κ2) is 6.58. The fourth-order valence-corrected chi connectivity index (χ4v) is 3.98. The lowest BCUT2D eigenvalue weighted by atomic mass is 9.87. The number of thiophene rings is 1. The van der Waals surface area contributed by atoms with Gasteiger partial charge in [0.2, 0.25) is 11.8 Å². The minimum atomic E-state index is -0.229. The van der Waals surface area contributed by atoms with Crippen molar-refractivity contribution in [1.29, 1.82) is 0 Å². The van der Waals surface area contributed by atoms with E-state index in [9.17, 15) is 9.59 Å². The van der Waals surface area contributed by atoms with Crippen LogP contribution in [0.15, 0.2) is 34.1 Å². The molecular weight excluding hydrogens is 312 g/mol. The number of carbonyl (C=O) groups excluding carboxylic acids is 2. The zero-order valence-electron chi connectivity index (χ0n) is 13.2. The average molecular weight is 332 g/mol. The number of nitrogens with one attached hydrogen (secondary N) is 1. The Kier molecular flexibility index (Phi) is 4.52. The molecule has 0 unspecified atom stereocenters. The number of aryl methyl sites for hydroxylation is 1. The molecule has 5 nitrogen and oxygen atoms in total. The van der Waals surface area contributed by atoms with E-state index in [1.54, 1.807) is 23.3 Å². The molecule has 1 N–H and O–H groups in total. The Morgan fingerprint density at radius 1 is 1.43 bits per heavy atom. The molecule has 3 rings (SSSR count). The van der Waals surface area contributed by atoms with Gasteiger partial charge in [-0.15, -0.1) is 11.3 Å². The molecule has 122 valence electrons. The zero-order valence-corrected chi connectivity index (χ0v) is 14.1. The minimum Gasteiger partial charge on any atom is -0.465 e. The van der Waals surface area contributed by atoms with Crippen LogP contribution in [-0.2, 0) is 16.1 Å². The standard InChI is InChI=1S/C17H20N2O3S/c1-11-5-6-12(22-11)10-18-17(21)13-7-8-15(20)19(2)16(13)14-4-3-9-23-14/h3-6,9,13,16H,7-8,10H2,1-2H3,(H,18,21)/t13-,16+/m0/s1. The third kappa shape index (κ3) is 3.32. The van der Waals surface area contributed by atoms with E-state index in [-0.39, 0.29) is 23.8 Å². The first-order valence-corrected chi connectivity index (χ1v) is 8.56. The maximum Gasteiger partial charge on any atom is 0.225 e. The number of furan rings is 1. The van der Waals surface area contributed by atoms with Crippen molar-refractivity contribution in [3.8, 4) is 0 Å². The van der Waals surface area contributed by atoms with Crippen molar-refractivity contribution >= 4 is 23.2 Å². The summed E-state index contributed by atoms with van der Waals surface area (Å²) in [5.41, 5.74) is 0. The number of piperidine rings is 1. The molecule has 1 fully saturated rings. The second-order valence-corrected chi connectivity index (χ2v) is 6.82. The Hall–Kier alpha value is -2.08. The van der Waals surface area contributed by atoms with Crippen LogP contribution in [-0.4, -0.2) is 23.8 Å². The van der Waals surface area contributed by atoms with Crippen LogP contribution in [0.2, 0.25) is 0 Å². The van der Waals surface area contributed by atoms with Gasteiger partial charge in [-0.3, -0.25) is 9.59 Å². The molecule has 6 heteroatoms. The Balaban J connectivity index is 1.73. The summed E-state index contributed by atoms with van der Waals surface area (Å²) in [5, 5.41) is 4.92. The van der Waals surface area contributed by atoms with Gasteiger partial charge in [0.05, 0.1) is 18.5 Å². The van der Waals surface area contributed by atoms with Crippen molar-refractivity contribution in [3.63, 3.8) is 0 Å². The Bertz CT molecular complexity index is 693. The number of carbonyl (C=O) groups is 2. The van der Waals surface area contributed by atoms with E-state index in [2.05, 4.69) is 5.32 Å². The highest BCUT2D eigenvalue weighted by Gasteiger charge is 2.39. The lowest BCUT2D eigenvalue weighted by molar-refractivity contribution is -0.141. The van der Waals surface area contributed by atoms with Gasteiger partial charge in [-0.2, -0.15) is 0 Å². The van der Waals surface area contributed by atoms with Gasteiger partial charge >= 0.3 is 0 Å². The molecule has 2 aromatic rings. The highest BCUT2D eigenvalue weighted by molar-refractivity contribution is 7.10. The molecule has 2 atom stereocenters. The second-order valence-electron chi connectivity index (χ2n) is 5.84. The fraction of sp³-hybridized carbons (Fsp3) is 0.412. The van der Waals surface area contributed by atoms with Crippen molar-refractivity contribution < 1.29 is 14.0 Å². The number of rotatable bonds is 4. The molecule has 2 amide bonds. The van der Waals surface area contributed by atoms with Crippen LogP contribution in [0.5, 0.6) is 0 Å². The first-order chi connectivity index (χ1) is 11.1. The number of likely N-dealkylation sites (tertiary alicyclic amines) is 1. The smallest absolute Gasteiger partial charge is 0.225 e. The summed E-state index contributed by atoms with van der Waals surface area (Å²) in [4.78, 5) is 27.4. The molecule has 0 bridgehead atoms. The van der Waals surface area contributed by atoms with Gasteiger partial charge in [0, 0.05) is 18.3 Å². The molecule has 0 saturated carbocycles. The molecule has 0 aromatic carbocycles. The number of hydrogen-bond donors (Lipinski definition) is 1. The van der Waals surface area contributed by atoms with Crippen LogP contribution in [0.25, 0.3) is 0 Å². The van der Waals surface area contributed by atoms with E-state index in [1.165, 1.54) is 0 Å². The largest absolute Gasteiger partial charge is 0.465 e. The van der Waals surface area contributed by atoms with Gasteiger partial charge < -0.3 is 14.6 Å². The third-order valence-corrected chi connectivity index (χ3v) is 5.21. The highest BCUT2D eigenvalue weighted by atomic mass is 32.1. The van der Waals surface area contributed by atoms with Gasteiger partial charge in [0.25, 0.3) is 0 Å². The predicted octanol–water partition coefficient (Wildman–Crippen LogP) is 2.88. The van der Waals surface area contributed by atoms with Crippen molar-refractivity contribution in [2.45, 2.75) is 32.4 Å². The van der Waals surface area contributed by atoms with E-state index in [0.29, 0.717) is 19.4 Å². The van der Waals surface area contributed by atoms with Crippen molar-refractivity contribution in [3.05, 3.63) is 46.0 Å². The average Bonchev–Trinajstić information content (AvgIpc) is 3.19. The van der Waals surface area contributed by atoms with E-state index < -0.39 is 0 Å². The summed E-state index contributed by atoms with van der Waals surface area (Å²) >= 11 is 1.58. The Labute approximate surface area is 139 Å². The third-order valence-electron chi connectivity index (χ3n) is 4.27. The van der Waals surface area contributed by atoms with Crippen LogP contribution >= 0.6 is 11.3 Å². The van der Waals surface area contributed by atoms with Gasteiger partial charge in [-0.25, -0.2) is 0 Å². The topological polar surface area (TPSA) is 62.6 Å². The maximum absolute atomic E-state index is 12.6. The molecule has 0 radical (unpaired) electrons. The van der Waals surface area contributed by atoms with Gasteiger partial charge in [-0.05, 0) is 36.9 Å². The van der Waals surface area contributed by atoms with Crippen LogP contribution in [0.3, 0.4) is 0 Å². The molecule has 0 spiro atoms. The number of nitrogens with zero attached hydrogens (tertiary/aromatic N) is 1. The molecule has 1 aliphatic rings. The van der Waals surface area contributed by atoms with Crippen LogP contribution in [0.1, 0.15) is 35.3 Å². The summed E-state index contributed by atoms with van der Waals surface area (Å²) in [5.74, 6) is 1.40. The quantitative estimate of drug-likeness (QED) is 0.936. The molecule has 0 aliphatic carbocycles. The molecule has 1 aliphatic heterocycles. The Morgan fingerprint density at radius 2 is 2.26 bits per heavy atom. The SMILES string of the molecule is Cc1ccc(CNC(=O)[C@H]2CCC(=O)N(C)[C@H]2c2cccs2)o1.